The summed E-state index contributed by atoms with van der Waals surface area (Å²) in [6.07, 6.45) is 5.98. The van der Waals surface area contributed by atoms with Crippen LogP contribution in [0.3, 0.4) is 0 Å². The Hall–Kier alpha value is -2.10. The van der Waals surface area contributed by atoms with Crippen molar-refractivity contribution >= 4 is 5.91 Å². The number of amides is 1. The Morgan fingerprint density at radius 3 is 2.59 bits per heavy atom. The van der Waals surface area contributed by atoms with Crippen LogP contribution in [0, 0.1) is 6.92 Å². The molecule has 3 rings (SSSR count). The molecule has 1 saturated heterocycles. The largest absolute Gasteiger partial charge is 0.339 e. The van der Waals surface area contributed by atoms with E-state index in [-0.39, 0.29) is 5.91 Å². The fourth-order valence-corrected chi connectivity index (χ4v) is 3.17. The summed E-state index contributed by atoms with van der Waals surface area (Å²) in [6, 6.07) is 8.16. The normalized spacial score (nSPS) is 15.1. The summed E-state index contributed by atoms with van der Waals surface area (Å²) in [5.41, 5.74) is 3.98. The number of likely N-dealkylation sites (tertiary alicyclic amines) is 1. The van der Waals surface area contributed by atoms with Gasteiger partial charge in [-0.1, -0.05) is 25.1 Å². The van der Waals surface area contributed by atoms with Crippen molar-refractivity contribution in [3.8, 4) is 5.69 Å². The smallest absolute Gasteiger partial charge is 0.257 e. The summed E-state index contributed by atoms with van der Waals surface area (Å²) in [5, 5.41) is 4.50. The van der Waals surface area contributed by atoms with Gasteiger partial charge in [0.25, 0.3) is 5.91 Å². The zero-order chi connectivity index (χ0) is 15.5. The van der Waals surface area contributed by atoms with Gasteiger partial charge in [0.2, 0.25) is 0 Å². The highest BCUT2D eigenvalue weighted by molar-refractivity contribution is 5.95. The number of rotatable bonds is 3. The molecule has 0 unspecified atom stereocenters. The molecular formula is C18H23N3O. The lowest BCUT2D eigenvalue weighted by atomic mass is 10.1. The van der Waals surface area contributed by atoms with E-state index in [0.29, 0.717) is 0 Å². The second-order valence-corrected chi connectivity index (χ2v) is 5.91. The number of piperidine rings is 1. The molecule has 4 heteroatoms. The molecule has 1 amide bonds. The van der Waals surface area contributed by atoms with Crippen molar-refractivity contribution in [3.63, 3.8) is 0 Å². The molecule has 1 aliphatic heterocycles. The summed E-state index contributed by atoms with van der Waals surface area (Å²) >= 11 is 0. The Morgan fingerprint density at radius 1 is 1.18 bits per heavy atom. The van der Waals surface area contributed by atoms with Crippen LogP contribution in [-0.2, 0) is 6.42 Å². The number of aromatic nitrogens is 2. The Morgan fingerprint density at radius 2 is 1.91 bits per heavy atom. The number of carbonyl (C=O) groups is 1. The van der Waals surface area contributed by atoms with Crippen LogP contribution in [-0.4, -0.2) is 33.7 Å². The van der Waals surface area contributed by atoms with E-state index in [9.17, 15) is 4.79 Å². The van der Waals surface area contributed by atoms with Crippen molar-refractivity contribution in [3.05, 3.63) is 47.3 Å². The predicted octanol–water partition coefficient (Wildman–Crippen LogP) is 3.37. The Labute approximate surface area is 131 Å². The van der Waals surface area contributed by atoms with Crippen molar-refractivity contribution in [1.82, 2.24) is 14.7 Å². The fourth-order valence-electron chi connectivity index (χ4n) is 3.17. The zero-order valence-electron chi connectivity index (χ0n) is 13.4. The first kappa shape index (κ1) is 14.8. The van der Waals surface area contributed by atoms with Crippen molar-refractivity contribution in [1.29, 1.82) is 0 Å². The van der Waals surface area contributed by atoms with Crippen LogP contribution in [0.1, 0.15) is 47.8 Å². The molecule has 4 nitrogen and oxygen atoms in total. The molecule has 1 aromatic heterocycles. The van der Waals surface area contributed by atoms with Gasteiger partial charge >= 0.3 is 0 Å². The molecule has 0 atom stereocenters. The third kappa shape index (κ3) is 2.65. The van der Waals surface area contributed by atoms with Crippen LogP contribution < -0.4 is 0 Å². The maximum Gasteiger partial charge on any atom is 0.257 e. The van der Waals surface area contributed by atoms with Gasteiger partial charge in [-0.05, 0) is 44.2 Å². The van der Waals surface area contributed by atoms with E-state index in [1.165, 1.54) is 6.42 Å². The van der Waals surface area contributed by atoms with Crippen molar-refractivity contribution in [2.75, 3.05) is 13.1 Å². The minimum atomic E-state index is 0.136. The zero-order valence-corrected chi connectivity index (χ0v) is 13.4. The first-order chi connectivity index (χ1) is 10.7. The number of para-hydroxylation sites is 1. The number of aryl methyl sites for hydroxylation is 1. The highest BCUT2D eigenvalue weighted by Gasteiger charge is 2.23. The second-order valence-electron chi connectivity index (χ2n) is 5.91. The Balaban J connectivity index is 1.97. The fraction of sp³-hybridized carbons (Fsp3) is 0.444. The topological polar surface area (TPSA) is 38.1 Å². The van der Waals surface area contributed by atoms with Gasteiger partial charge in [-0.25, -0.2) is 4.68 Å². The van der Waals surface area contributed by atoms with Crippen molar-refractivity contribution in [2.45, 2.75) is 39.5 Å². The van der Waals surface area contributed by atoms with Crippen LogP contribution in [0.5, 0.6) is 0 Å². The molecule has 1 aromatic carbocycles. The first-order valence-corrected chi connectivity index (χ1v) is 8.14. The van der Waals surface area contributed by atoms with E-state index in [0.717, 1.165) is 54.9 Å². The van der Waals surface area contributed by atoms with E-state index < -0.39 is 0 Å². The standard InChI is InChI=1S/C18H23N3O/c1-3-16-15(18(22)20-11-7-4-8-12-20)13-19-21(16)17-10-6-5-9-14(17)2/h5-6,9-10,13H,3-4,7-8,11-12H2,1-2H3. The summed E-state index contributed by atoms with van der Waals surface area (Å²) in [5.74, 6) is 0.136. The molecule has 0 saturated carbocycles. The van der Waals surface area contributed by atoms with Gasteiger partial charge in [-0.15, -0.1) is 0 Å². The van der Waals surface area contributed by atoms with Gasteiger partial charge in [0, 0.05) is 13.1 Å². The third-order valence-electron chi connectivity index (χ3n) is 4.42. The van der Waals surface area contributed by atoms with Crippen LogP contribution in [0.25, 0.3) is 5.69 Å². The lowest BCUT2D eigenvalue weighted by Gasteiger charge is -2.26. The van der Waals surface area contributed by atoms with E-state index in [1.807, 2.05) is 21.7 Å². The quantitative estimate of drug-likeness (QED) is 0.871. The molecule has 0 N–H and O–H groups in total. The molecule has 0 aliphatic carbocycles. The molecule has 0 spiro atoms. The number of hydrogen-bond acceptors (Lipinski definition) is 2. The third-order valence-corrected chi connectivity index (χ3v) is 4.42. The van der Waals surface area contributed by atoms with Gasteiger partial charge in [0.05, 0.1) is 23.1 Å². The summed E-state index contributed by atoms with van der Waals surface area (Å²) in [7, 11) is 0. The second kappa shape index (κ2) is 6.34. The average Bonchev–Trinajstić information content (AvgIpc) is 2.99. The minimum absolute atomic E-state index is 0.136. The van der Waals surface area contributed by atoms with Gasteiger partial charge in [0.15, 0.2) is 0 Å². The predicted molar refractivity (Wildman–Crippen MR) is 87.4 cm³/mol. The highest BCUT2D eigenvalue weighted by atomic mass is 16.2. The molecule has 22 heavy (non-hydrogen) atoms. The van der Waals surface area contributed by atoms with E-state index >= 15 is 0 Å². The van der Waals surface area contributed by atoms with E-state index in [4.69, 9.17) is 0 Å². The molecule has 1 aliphatic rings. The number of benzene rings is 1. The molecule has 2 heterocycles. The number of nitrogens with zero attached hydrogens (tertiary/aromatic N) is 3. The summed E-state index contributed by atoms with van der Waals surface area (Å²) < 4.78 is 1.92. The SMILES string of the molecule is CCc1c(C(=O)N2CCCCC2)cnn1-c1ccccc1C. The van der Waals surface area contributed by atoms with Crippen LogP contribution in [0.15, 0.2) is 30.5 Å². The molecule has 0 radical (unpaired) electrons. The number of hydrogen-bond donors (Lipinski definition) is 0. The lowest BCUT2D eigenvalue weighted by Crippen LogP contribution is -2.36. The Bertz CT molecular complexity index is 669. The highest BCUT2D eigenvalue weighted by Crippen LogP contribution is 2.21. The van der Waals surface area contributed by atoms with Crippen molar-refractivity contribution in [2.24, 2.45) is 0 Å². The maximum atomic E-state index is 12.8. The van der Waals surface area contributed by atoms with Crippen molar-refractivity contribution < 1.29 is 4.79 Å². The molecular weight excluding hydrogens is 274 g/mol. The van der Waals surface area contributed by atoms with Gasteiger partial charge in [-0.3, -0.25) is 4.79 Å². The number of carbonyl (C=O) groups excluding carboxylic acids is 1. The monoisotopic (exact) mass is 297 g/mol. The first-order valence-electron chi connectivity index (χ1n) is 8.14. The van der Waals surface area contributed by atoms with E-state index in [2.05, 4.69) is 31.1 Å². The molecule has 116 valence electrons. The molecule has 1 fully saturated rings. The van der Waals surface area contributed by atoms with Gasteiger partial charge in [0.1, 0.15) is 0 Å². The molecule has 0 bridgehead atoms. The summed E-state index contributed by atoms with van der Waals surface area (Å²) in [6.45, 7) is 5.90. The van der Waals surface area contributed by atoms with Crippen LogP contribution in [0.4, 0.5) is 0 Å². The maximum absolute atomic E-state index is 12.8. The lowest BCUT2D eigenvalue weighted by molar-refractivity contribution is 0.0723. The van der Waals surface area contributed by atoms with Crippen LogP contribution in [0.2, 0.25) is 0 Å². The Kier molecular flexibility index (Phi) is 4.27. The molecule has 2 aromatic rings. The van der Waals surface area contributed by atoms with E-state index in [1.54, 1.807) is 6.20 Å². The van der Waals surface area contributed by atoms with Gasteiger partial charge in [-0.2, -0.15) is 5.10 Å². The average molecular weight is 297 g/mol. The van der Waals surface area contributed by atoms with Crippen LogP contribution >= 0.6 is 0 Å². The summed E-state index contributed by atoms with van der Waals surface area (Å²) in [4.78, 5) is 14.8. The minimum Gasteiger partial charge on any atom is -0.339 e. The van der Waals surface area contributed by atoms with Gasteiger partial charge < -0.3 is 4.90 Å².